The van der Waals surface area contributed by atoms with Gasteiger partial charge < -0.3 is 15.8 Å². The molecule has 0 saturated heterocycles. The first kappa shape index (κ1) is 16.2. The molecule has 0 radical (unpaired) electrons. The Morgan fingerprint density at radius 3 is 2.40 bits per heavy atom. The van der Waals surface area contributed by atoms with Crippen molar-refractivity contribution in [2.45, 2.75) is 32.9 Å². The van der Waals surface area contributed by atoms with E-state index in [-0.39, 0.29) is 17.8 Å². The van der Waals surface area contributed by atoms with Gasteiger partial charge in [-0.1, -0.05) is 32.4 Å². The van der Waals surface area contributed by atoms with Crippen molar-refractivity contribution in [3.8, 4) is 0 Å². The Balaban J connectivity index is 2.54. The van der Waals surface area contributed by atoms with E-state index in [2.05, 4.69) is 10.1 Å². The van der Waals surface area contributed by atoms with Crippen LogP contribution in [0.5, 0.6) is 0 Å². The topological polar surface area (TPSA) is 81.4 Å². The second-order valence-corrected chi connectivity index (χ2v) is 4.82. The number of rotatable bonds is 6. The lowest BCUT2D eigenvalue weighted by Gasteiger charge is -2.17. The number of esters is 1. The van der Waals surface area contributed by atoms with Gasteiger partial charge in [0.05, 0.1) is 18.7 Å². The van der Waals surface area contributed by atoms with Gasteiger partial charge in [-0.05, 0) is 23.6 Å². The molecule has 2 atom stereocenters. The molecule has 0 heterocycles. The molecule has 5 heteroatoms. The zero-order chi connectivity index (χ0) is 15.1. The van der Waals surface area contributed by atoms with Gasteiger partial charge in [0, 0.05) is 6.54 Å². The SMILES string of the molecule is CC[C@H](C)[C@H](N)C(=O)NCc1ccc(C(=O)OC)cc1. The predicted octanol–water partition coefficient (Wildman–Crippen LogP) is 1.46. The maximum atomic E-state index is 11.8. The lowest BCUT2D eigenvalue weighted by molar-refractivity contribution is -0.123. The van der Waals surface area contributed by atoms with E-state index in [0.29, 0.717) is 12.1 Å². The second kappa shape index (κ2) is 7.65. The van der Waals surface area contributed by atoms with Crippen LogP contribution in [0.2, 0.25) is 0 Å². The summed E-state index contributed by atoms with van der Waals surface area (Å²) in [6.07, 6.45) is 0.864. The van der Waals surface area contributed by atoms with Crippen LogP contribution in [0.1, 0.15) is 36.2 Å². The van der Waals surface area contributed by atoms with Gasteiger partial charge in [0.15, 0.2) is 0 Å². The van der Waals surface area contributed by atoms with Gasteiger partial charge in [0.2, 0.25) is 5.91 Å². The molecule has 1 rings (SSSR count). The average Bonchev–Trinajstić information content (AvgIpc) is 2.50. The number of nitrogens with two attached hydrogens (primary N) is 1. The first-order chi connectivity index (χ1) is 9.49. The summed E-state index contributed by atoms with van der Waals surface area (Å²) < 4.78 is 4.62. The zero-order valence-electron chi connectivity index (χ0n) is 12.2. The van der Waals surface area contributed by atoms with Crippen LogP contribution in [0, 0.1) is 5.92 Å². The molecule has 0 saturated carbocycles. The third-order valence-corrected chi connectivity index (χ3v) is 3.40. The van der Waals surface area contributed by atoms with E-state index in [4.69, 9.17) is 5.73 Å². The molecule has 0 aliphatic carbocycles. The molecule has 0 unspecified atom stereocenters. The van der Waals surface area contributed by atoms with E-state index in [0.717, 1.165) is 12.0 Å². The van der Waals surface area contributed by atoms with Crippen molar-refractivity contribution in [2.24, 2.45) is 11.7 Å². The average molecular weight is 278 g/mol. The van der Waals surface area contributed by atoms with Crippen LogP contribution in [0.3, 0.4) is 0 Å². The number of nitrogens with one attached hydrogen (secondary N) is 1. The highest BCUT2D eigenvalue weighted by Gasteiger charge is 2.18. The third-order valence-electron chi connectivity index (χ3n) is 3.40. The number of carbonyl (C=O) groups is 2. The summed E-state index contributed by atoms with van der Waals surface area (Å²) >= 11 is 0. The molecule has 1 aromatic rings. The van der Waals surface area contributed by atoms with Crippen molar-refractivity contribution in [1.82, 2.24) is 5.32 Å². The number of hydrogen-bond donors (Lipinski definition) is 2. The molecular formula is C15H22N2O3. The number of amides is 1. The number of carbonyl (C=O) groups excluding carboxylic acids is 2. The Morgan fingerprint density at radius 2 is 1.90 bits per heavy atom. The van der Waals surface area contributed by atoms with Crippen LogP contribution < -0.4 is 11.1 Å². The summed E-state index contributed by atoms with van der Waals surface area (Å²) in [7, 11) is 1.34. The van der Waals surface area contributed by atoms with E-state index < -0.39 is 6.04 Å². The molecule has 0 aliphatic rings. The smallest absolute Gasteiger partial charge is 0.337 e. The van der Waals surface area contributed by atoms with Gasteiger partial charge >= 0.3 is 5.97 Å². The van der Waals surface area contributed by atoms with Crippen molar-refractivity contribution in [2.75, 3.05) is 7.11 Å². The number of ether oxygens (including phenoxy) is 1. The van der Waals surface area contributed by atoms with Gasteiger partial charge in [0.25, 0.3) is 0 Å². The molecule has 20 heavy (non-hydrogen) atoms. The first-order valence-electron chi connectivity index (χ1n) is 6.70. The van der Waals surface area contributed by atoms with Crippen LogP contribution in [0.4, 0.5) is 0 Å². The Hall–Kier alpha value is -1.88. The molecule has 0 aromatic heterocycles. The molecule has 1 amide bonds. The molecule has 3 N–H and O–H groups in total. The van der Waals surface area contributed by atoms with Crippen LogP contribution >= 0.6 is 0 Å². The Kier molecular flexibility index (Phi) is 6.18. The van der Waals surface area contributed by atoms with Crippen molar-refractivity contribution in [1.29, 1.82) is 0 Å². The predicted molar refractivity (Wildman–Crippen MR) is 77.1 cm³/mol. The third kappa shape index (κ3) is 4.35. The second-order valence-electron chi connectivity index (χ2n) is 4.82. The number of benzene rings is 1. The zero-order valence-corrected chi connectivity index (χ0v) is 12.2. The summed E-state index contributed by atoms with van der Waals surface area (Å²) in [5, 5.41) is 2.80. The van der Waals surface area contributed by atoms with Gasteiger partial charge in [-0.2, -0.15) is 0 Å². The van der Waals surface area contributed by atoms with Crippen molar-refractivity contribution < 1.29 is 14.3 Å². The molecule has 1 aromatic carbocycles. The largest absolute Gasteiger partial charge is 0.465 e. The fraction of sp³-hybridized carbons (Fsp3) is 0.467. The normalized spacial score (nSPS) is 13.4. The van der Waals surface area contributed by atoms with Crippen molar-refractivity contribution >= 4 is 11.9 Å². The molecule has 0 fully saturated rings. The highest BCUT2D eigenvalue weighted by atomic mass is 16.5. The quantitative estimate of drug-likeness (QED) is 0.772. The van der Waals surface area contributed by atoms with Crippen LogP contribution in [-0.2, 0) is 16.1 Å². The van der Waals surface area contributed by atoms with E-state index in [1.165, 1.54) is 7.11 Å². The van der Waals surface area contributed by atoms with Crippen LogP contribution in [0.25, 0.3) is 0 Å². The molecular weight excluding hydrogens is 256 g/mol. The number of hydrogen-bond acceptors (Lipinski definition) is 4. The molecule has 0 bridgehead atoms. The standard InChI is InChI=1S/C15H22N2O3/c1-4-10(2)13(16)14(18)17-9-11-5-7-12(8-6-11)15(19)20-3/h5-8,10,13H,4,9,16H2,1-3H3,(H,17,18)/t10-,13-/m0/s1. The molecule has 0 spiro atoms. The Bertz CT molecular complexity index is 457. The number of methoxy groups -OCH3 is 1. The van der Waals surface area contributed by atoms with Crippen LogP contribution in [-0.4, -0.2) is 25.0 Å². The van der Waals surface area contributed by atoms with Crippen LogP contribution in [0.15, 0.2) is 24.3 Å². The lowest BCUT2D eigenvalue weighted by atomic mass is 9.99. The van der Waals surface area contributed by atoms with Crippen molar-refractivity contribution in [3.05, 3.63) is 35.4 Å². The maximum Gasteiger partial charge on any atom is 0.337 e. The van der Waals surface area contributed by atoms with Gasteiger partial charge in [-0.25, -0.2) is 4.79 Å². The summed E-state index contributed by atoms with van der Waals surface area (Å²) in [4.78, 5) is 23.1. The van der Waals surface area contributed by atoms with E-state index >= 15 is 0 Å². The van der Waals surface area contributed by atoms with Gasteiger partial charge in [0.1, 0.15) is 0 Å². The van der Waals surface area contributed by atoms with Gasteiger partial charge in [-0.3, -0.25) is 4.79 Å². The summed E-state index contributed by atoms with van der Waals surface area (Å²) in [6, 6.07) is 6.40. The minimum absolute atomic E-state index is 0.150. The monoisotopic (exact) mass is 278 g/mol. The summed E-state index contributed by atoms with van der Waals surface area (Å²) in [5.41, 5.74) is 7.23. The van der Waals surface area contributed by atoms with E-state index in [1.54, 1.807) is 24.3 Å². The lowest BCUT2D eigenvalue weighted by Crippen LogP contribution is -2.44. The van der Waals surface area contributed by atoms with Gasteiger partial charge in [-0.15, -0.1) is 0 Å². The van der Waals surface area contributed by atoms with E-state index in [9.17, 15) is 9.59 Å². The molecule has 0 aliphatic heterocycles. The van der Waals surface area contributed by atoms with Crippen molar-refractivity contribution in [3.63, 3.8) is 0 Å². The minimum atomic E-state index is -0.491. The fourth-order valence-corrected chi connectivity index (χ4v) is 1.70. The summed E-state index contributed by atoms with van der Waals surface area (Å²) in [5.74, 6) is -0.382. The Labute approximate surface area is 119 Å². The highest BCUT2D eigenvalue weighted by Crippen LogP contribution is 2.07. The minimum Gasteiger partial charge on any atom is -0.465 e. The van der Waals surface area contributed by atoms with E-state index in [1.807, 2.05) is 13.8 Å². The molecule has 5 nitrogen and oxygen atoms in total. The first-order valence-corrected chi connectivity index (χ1v) is 6.70. The highest BCUT2D eigenvalue weighted by molar-refractivity contribution is 5.89. The molecule has 110 valence electrons. The fourth-order valence-electron chi connectivity index (χ4n) is 1.70. The maximum absolute atomic E-state index is 11.8. The Morgan fingerprint density at radius 1 is 1.30 bits per heavy atom. The summed E-state index contributed by atoms with van der Waals surface area (Å²) in [6.45, 7) is 4.35.